The fraction of sp³-hybridized carbons (Fsp3) is 0.538. The van der Waals surface area contributed by atoms with Gasteiger partial charge in [0, 0.05) is 24.3 Å². The Kier molecular flexibility index (Phi) is 4.59. The minimum Gasteiger partial charge on any atom is -0.370 e. The first-order chi connectivity index (χ1) is 9.50. The maximum Gasteiger partial charge on any atom is 0.251 e. The van der Waals surface area contributed by atoms with Crippen molar-refractivity contribution in [1.29, 1.82) is 0 Å². The molecule has 2 rings (SSSR count). The highest BCUT2D eigenvalue weighted by Crippen LogP contribution is 2.13. The van der Waals surface area contributed by atoms with Crippen LogP contribution in [0, 0.1) is 0 Å². The van der Waals surface area contributed by atoms with E-state index in [4.69, 9.17) is 0 Å². The Bertz CT molecular complexity index is 586. The molecular weight excluding hydrogens is 278 g/mol. The first kappa shape index (κ1) is 14.8. The lowest BCUT2D eigenvalue weighted by molar-refractivity contribution is 0.0941. The highest BCUT2D eigenvalue weighted by molar-refractivity contribution is 7.91. The minimum atomic E-state index is -2.98. The third-order valence-electron chi connectivity index (χ3n) is 3.15. The van der Waals surface area contributed by atoms with Crippen LogP contribution in [0.25, 0.3) is 0 Å². The Morgan fingerprint density at radius 2 is 2.30 bits per heavy atom. The van der Waals surface area contributed by atoms with Crippen LogP contribution in [-0.4, -0.2) is 43.4 Å². The van der Waals surface area contributed by atoms with E-state index < -0.39 is 9.84 Å². The van der Waals surface area contributed by atoms with Gasteiger partial charge in [0.15, 0.2) is 9.84 Å². The summed E-state index contributed by atoms with van der Waals surface area (Å²) in [5.41, 5.74) is 0.489. The summed E-state index contributed by atoms with van der Waals surface area (Å²) < 4.78 is 22.7. The third-order valence-corrected chi connectivity index (χ3v) is 4.91. The maximum absolute atomic E-state index is 12.1. The topological polar surface area (TPSA) is 88.2 Å². The summed E-state index contributed by atoms with van der Waals surface area (Å²) in [6.07, 6.45) is 3.02. The number of nitrogens with zero attached hydrogens (tertiary/aromatic N) is 1. The van der Waals surface area contributed by atoms with Crippen molar-refractivity contribution < 1.29 is 13.2 Å². The molecular formula is C13H19N3O3S. The van der Waals surface area contributed by atoms with E-state index in [2.05, 4.69) is 15.6 Å². The molecule has 20 heavy (non-hydrogen) atoms. The number of hydrogen-bond donors (Lipinski definition) is 2. The maximum atomic E-state index is 12.1. The average molecular weight is 297 g/mol. The molecule has 2 N–H and O–H groups in total. The molecule has 0 radical (unpaired) electrons. The van der Waals surface area contributed by atoms with Crippen LogP contribution in [0.4, 0.5) is 5.82 Å². The molecule has 1 atom stereocenters. The van der Waals surface area contributed by atoms with Crippen molar-refractivity contribution in [3.05, 3.63) is 23.9 Å². The molecule has 110 valence electrons. The molecule has 1 aliphatic rings. The van der Waals surface area contributed by atoms with Crippen LogP contribution >= 0.6 is 0 Å². The molecule has 0 bridgehead atoms. The highest BCUT2D eigenvalue weighted by atomic mass is 32.2. The SMILES string of the molecule is CCCNc1cc(C(=O)NC2CCS(=O)(=O)C2)ccn1. The van der Waals surface area contributed by atoms with Gasteiger partial charge in [0.25, 0.3) is 5.91 Å². The van der Waals surface area contributed by atoms with Crippen molar-refractivity contribution in [3.8, 4) is 0 Å². The highest BCUT2D eigenvalue weighted by Gasteiger charge is 2.29. The smallest absolute Gasteiger partial charge is 0.251 e. The Balaban J connectivity index is 1.99. The number of aromatic nitrogens is 1. The van der Waals surface area contributed by atoms with E-state index in [-0.39, 0.29) is 23.5 Å². The second-order valence-electron chi connectivity index (χ2n) is 4.93. The zero-order chi connectivity index (χ0) is 14.6. The van der Waals surface area contributed by atoms with Crippen molar-refractivity contribution in [1.82, 2.24) is 10.3 Å². The zero-order valence-corrected chi connectivity index (χ0v) is 12.2. The molecule has 1 aliphatic heterocycles. The van der Waals surface area contributed by atoms with Crippen LogP contribution in [0.15, 0.2) is 18.3 Å². The van der Waals surface area contributed by atoms with Gasteiger partial charge in [-0.2, -0.15) is 0 Å². The molecule has 0 saturated carbocycles. The van der Waals surface area contributed by atoms with Gasteiger partial charge in [-0.15, -0.1) is 0 Å². The predicted molar refractivity (Wildman–Crippen MR) is 77.5 cm³/mol. The van der Waals surface area contributed by atoms with Crippen LogP contribution in [-0.2, 0) is 9.84 Å². The average Bonchev–Trinajstić information content (AvgIpc) is 2.76. The molecule has 0 spiro atoms. The number of carbonyl (C=O) groups excluding carboxylic acids is 1. The van der Waals surface area contributed by atoms with Gasteiger partial charge < -0.3 is 10.6 Å². The number of amides is 1. The van der Waals surface area contributed by atoms with E-state index in [9.17, 15) is 13.2 Å². The first-order valence-electron chi connectivity index (χ1n) is 6.71. The number of carbonyl (C=O) groups is 1. The number of rotatable bonds is 5. The summed E-state index contributed by atoms with van der Waals surface area (Å²) >= 11 is 0. The van der Waals surface area contributed by atoms with Gasteiger partial charge in [-0.3, -0.25) is 4.79 Å². The van der Waals surface area contributed by atoms with E-state index in [1.54, 1.807) is 18.3 Å². The Labute approximate surface area is 118 Å². The van der Waals surface area contributed by atoms with Crippen molar-refractivity contribution in [2.45, 2.75) is 25.8 Å². The molecule has 0 aromatic carbocycles. The molecule has 1 aromatic rings. The van der Waals surface area contributed by atoms with E-state index in [1.807, 2.05) is 6.92 Å². The van der Waals surface area contributed by atoms with E-state index in [0.29, 0.717) is 17.8 Å². The molecule has 1 saturated heterocycles. The summed E-state index contributed by atoms with van der Waals surface area (Å²) in [7, 11) is -2.98. The molecule has 6 nitrogen and oxygen atoms in total. The van der Waals surface area contributed by atoms with E-state index in [1.165, 1.54) is 0 Å². The van der Waals surface area contributed by atoms with Gasteiger partial charge in [-0.05, 0) is 25.0 Å². The largest absolute Gasteiger partial charge is 0.370 e. The molecule has 1 amide bonds. The van der Waals surface area contributed by atoms with Crippen molar-refractivity contribution >= 4 is 21.6 Å². The summed E-state index contributed by atoms with van der Waals surface area (Å²) in [5.74, 6) is 0.579. The number of anilines is 1. The normalized spacial score (nSPS) is 20.6. The van der Waals surface area contributed by atoms with E-state index >= 15 is 0 Å². The molecule has 2 heterocycles. The lowest BCUT2D eigenvalue weighted by atomic mass is 10.2. The molecule has 0 aliphatic carbocycles. The van der Waals surface area contributed by atoms with E-state index in [0.717, 1.165) is 13.0 Å². The van der Waals surface area contributed by atoms with Crippen molar-refractivity contribution in [2.75, 3.05) is 23.4 Å². The number of hydrogen-bond acceptors (Lipinski definition) is 5. The number of sulfone groups is 1. The lowest BCUT2D eigenvalue weighted by Gasteiger charge is -2.11. The molecule has 1 fully saturated rings. The second kappa shape index (κ2) is 6.21. The van der Waals surface area contributed by atoms with Crippen LogP contribution in [0.1, 0.15) is 30.1 Å². The number of nitrogens with one attached hydrogen (secondary N) is 2. The van der Waals surface area contributed by atoms with Crippen LogP contribution in [0.3, 0.4) is 0 Å². The summed E-state index contributed by atoms with van der Waals surface area (Å²) in [4.78, 5) is 16.2. The monoisotopic (exact) mass is 297 g/mol. The van der Waals surface area contributed by atoms with Crippen molar-refractivity contribution in [2.24, 2.45) is 0 Å². The van der Waals surface area contributed by atoms with Crippen molar-refractivity contribution in [3.63, 3.8) is 0 Å². The standard InChI is InChI=1S/C13H19N3O3S/c1-2-5-14-12-8-10(3-6-15-12)13(17)16-11-4-7-20(18,19)9-11/h3,6,8,11H,2,4-5,7,9H2,1H3,(H,14,15)(H,16,17). The van der Waals surface area contributed by atoms with Crippen LogP contribution in [0.2, 0.25) is 0 Å². The molecule has 1 aromatic heterocycles. The summed E-state index contributed by atoms with van der Waals surface area (Å²) in [6, 6.07) is 3.01. The third kappa shape index (κ3) is 3.93. The molecule has 1 unspecified atom stereocenters. The predicted octanol–water partition coefficient (Wildman–Crippen LogP) is 0.820. The quantitative estimate of drug-likeness (QED) is 0.840. The van der Waals surface area contributed by atoms with Gasteiger partial charge in [0.2, 0.25) is 0 Å². The minimum absolute atomic E-state index is 0.0325. The van der Waals surface area contributed by atoms with Gasteiger partial charge in [0.1, 0.15) is 5.82 Å². The Hall–Kier alpha value is -1.63. The Morgan fingerprint density at radius 1 is 1.50 bits per heavy atom. The number of pyridine rings is 1. The van der Waals surface area contributed by atoms with Gasteiger partial charge in [-0.1, -0.05) is 6.92 Å². The second-order valence-corrected chi connectivity index (χ2v) is 7.16. The van der Waals surface area contributed by atoms with Crippen LogP contribution in [0.5, 0.6) is 0 Å². The Morgan fingerprint density at radius 3 is 2.95 bits per heavy atom. The summed E-state index contributed by atoms with van der Waals surface area (Å²) in [6.45, 7) is 2.84. The summed E-state index contributed by atoms with van der Waals surface area (Å²) in [5, 5.41) is 5.87. The zero-order valence-electron chi connectivity index (χ0n) is 11.4. The van der Waals surface area contributed by atoms with Gasteiger partial charge in [-0.25, -0.2) is 13.4 Å². The van der Waals surface area contributed by atoms with Gasteiger partial charge in [0.05, 0.1) is 11.5 Å². The first-order valence-corrected chi connectivity index (χ1v) is 8.53. The van der Waals surface area contributed by atoms with Gasteiger partial charge >= 0.3 is 0 Å². The van der Waals surface area contributed by atoms with Crippen LogP contribution < -0.4 is 10.6 Å². The lowest BCUT2D eigenvalue weighted by Crippen LogP contribution is -2.35. The molecule has 7 heteroatoms. The fourth-order valence-electron chi connectivity index (χ4n) is 2.10. The fourth-order valence-corrected chi connectivity index (χ4v) is 3.77.